The van der Waals surface area contributed by atoms with Gasteiger partial charge in [-0.2, -0.15) is 4.37 Å². The summed E-state index contributed by atoms with van der Waals surface area (Å²) >= 11 is 3.72. The van der Waals surface area contributed by atoms with Gasteiger partial charge < -0.3 is 0 Å². The van der Waals surface area contributed by atoms with Crippen molar-refractivity contribution in [2.75, 3.05) is 0 Å². The fourth-order valence-electron chi connectivity index (χ4n) is 1.92. The Hall–Kier alpha value is -0.490. The van der Waals surface area contributed by atoms with E-state index in [2.05, 4.69) is 62.3 Å². The van der Waals surface area contributed by atoms with E-state index in [-0.39, 0.29) is 5.41 Å². The molecular weight excluding hydrogens is 319 g/mol. The topological polar surface area (TPSA) is 25.8 Å². The average Bonchev–Trinajstić information content (AvgIpc) is 2.98. The van der Waals surface area contributed by atoms with Gasteiger partial charge >= 0.3 is 0 Å². The second kappa shape index (κ2) is 3.52. The van der Waals surface area contributed by atoms with Gasteiger partial charge in [0.2, 0.25) is 0 Å². The van der Waals surface area contributed by atoms with Crippen LogP contribution in [-0.4, -0.2) is 9.36 Å². The summed E-state index contributed by atoms with van der Waals surface area (Å²) in [5.41, 5.74) is 1.50. The van der Waals surface area contributed by atoms with E-state index in [4.69, 9.17) is 0 Å². The fourth-order valence-corrected chi connectivity index (χ4v) is 2.95. The van der Waals surface area contributed by atoms with Gasteiger partial charge in [-0.1, -0.05) is 30.3 Å². The molecule has 0 radical (unpaired) electrons. The van der Waals surface area contributed by atoms with E-state index < -0.39 is 0 Å². The molecule has 76 valence electrons. The Bertz CT molecular complexity index is 476. The standard InChI is InChI=1S/C11H9IN2S/c12-10-13-9(14-15-10)11(6-7-11)8-4-2-1-3-5-8/h1-5H,6-7H2. The Labute approximate surface area is 106 Å². The summed E-state index contributed by atoms with van der Waals surface area (Å²) in [6, 6.07) is 10.6. The quantitative estimate of drug-likeness (QED) is 0.791. The third kappa shape index (κ3) is 1.59. The van der Waals surface area contributed by atoms with E-state index >= 15 is 0 Å². The molecule has 0 N–H and O–H groups in total. The first-order chi connectivity index (χ1) is 7.31. The number of aromatic nitrogens is 2. The molecule has 0 aliphatic heterocycles. The van der Waals surface area contributed by atoms with Crippen LogP contribution in [0.3, 0.4) is 0 Å². The number of benzene rings is 1. The zero-order chi connectivity index (χ0) is 10.3. The molecule has 15 heavy (non-hydrogen) atoms. The molecule has 0 atom stereocenters. The Kier molecular flexibility index (Phi) is 2.28. The van der Waals surface area contributed by atoms with Gasteiger partial charge in [0.25, 0.3) is 0 Å². The first kappa shape index (κ1) is 9.72. The molecule has 1 aromatic heterocycles. The molecule has 1 aromatic carbocycles. The minimum Gasteiger partial charge on any atom is -0.212 e. The van der Waals surface area contributed by atoms with Crippen molar-refractivity contribution in [2.45, 2.75) is 18.3 Å². The predicted octanol–water partition coefficient (Wildman–Crippen LogP) is 3.22. The molecule has 0 spiro atoms. The van der Waals surface area contributed by atoms with E-state index in [1.807, 2.05) is 0 Å². The second-order valence-corrected chi connectivity index (χ2v) is 6.32. The van der Waals surface area contributed by atoms with Crippen LogP contribution in [0.25, 0.3) is 0 Å². The summed E-state index contributed by atoms with van der Waals surface area (Å²) in [4.78, 5) is 4.52. The number of nitrogens with zero attached hydrogens (tertiary/aromatic N) is 2. The Balaban J connectivity index is 2.05. The van der Waals surface area contributed by atoms with Crippen molar-refractivity contribution in [1.29, 1.82) is 0 Å². The van der Waals surface area contributed by atoms with Gasteiger partial charge in [-0.3, -0.25) is 0 Å². The molecule has 1 aliphatic carbocycles. The number of hydrogen-bond acceptors (Lipinski definition) is 3. The largest absolute Gasteiger partial charge is 0.212 e. The van der Waals surface area contributed by atoms with E-state index in [0.717, 1.165) is 8.84 Å². The van der Waals surface area contributed by atoms with Gasteiger partial charge in [-0.15, -0.1) is 0 Å². The highest BCUT2D eigenvalue weighted by atomic mass is 127. The lowest BCUT2D eigenvalue weighted by Crippen LogP contribution is -2.10. The number of hydrogen-bond donors (Lipinski definition) is 0. The maximum atomic E-state index is 4.52. The monoisotopic (exact) mass is 328 g/mol. The Morgan fingerprint density at radius 3 is 2.47 bits per heavy atom. The number of halogens is 1. The van der Waals surface area contributed by atoms with E-state index in [1.54, 1.807) is 0 Å². The van der Waals surface area contributed by atoms with Crippen LogP contribution in [0, 0.1) is 3.01 Å². The molecule has 1 aliphatic rings. The minimum atomic E-state index is 0.140. The van der Waals surface area contributed by atoms with Crippen molar-refractivity contribution < 1.29 is 0 Å². The maximum Gasteiger partial charge on any atom is 0.174 e. The molecule has 0 bridgehead atoms. The van der Waals surface area contributed by atoms with Crippen LogP contribution in [0.5, 0.6) is 0 Å². The van der Waals surface area contributed by atoms with Gasteiger partial charge in [0.1, 0.15) is 0 Å². The van der Waals surface area contributed by atoms with Gasteiger partial charge in [-0.05, 0) is 52.5 Å². The molecule has 2 aromatic rings. The van der Waals surface area contributed by atoms with Crippen LogP contribution >= 0.6 is 34.1 Å². The summed E-state index contributed by atoms with van der Waals surface area (Å²) in [6.45, 7) is 0. The van der Waals surface area contributed by atoms with E-state index in [1.165, 1.54) is 29.9 Å². The first-order valence-electron chi connectivity index (χ1n) is 4.86. The lowest BCUT2D eigenvalue weighted by Gasteiger charge is -2.10. The van der Waals surface area contributed by atoms with Crippen LogP contribution in [0.4, 0.5) is 0 Å². The number of rotatable bonds is 2. The third-order valence-electron chi connectivity index (χ3n) is 2.91. The Morgan fingerprint density at radius 1 is 1.20 bits per heavy atom. The second-order valence-electron chi connectivity index (χ2n) is 3.82. The third-order valence-corrected chi connectivity index (χ3v) is 4.24. The van der Waals surface area contributed by atoms with Gasteiger partial charge in [0, 0.05) is 0 Å². The van der Waals surface area contributed by atoms with Crippen LogP contribution in [0.2, 0.25) is 0 Å². The van der Waals surface area contributed by atoms with Gasteiger partial charge in [-0.25, -0.2) is 4.98 Å². The zero-order valence-electron chi connectivity index (χ0n) is 7.98. The highest BCUT2D eigenvalue weighted by Crippen LogP contribution is 2.52. The highest BCUT2D eigenvalue weighted by Gasteiger charge is 2.49. The molecule has 1 fully saturated rings. The van der Waals surface area contributed by atoms with Crippen LogP contribution in [0.15, 0.2) is 30.3 Å². The Morgan fingerprint density at radius 2 is 1.93 bits per heavy atom. The van der Waals surface area contributed by atoms with Crippen LogP contribution in [0.1, 0.15) is 24.2 Å². The molecular formula is C11H9IN2S. The maximum absolute atomic E-state index is 4.52. The van der Waals surface area contributed by atoms with Crippen molar-refractivity contribution in [3.05, 3.63) is 44.7 Å². The van der Waals surface area contributed by atoms with Crippen molar-refractivity contribution in [2.24, 2.45) is 0 Å². The summed E-state index contributed by atoms with van der Waals surface area (Å²) in [5.74, 6) is 1.02. The van der Waals surface area contributed by atoms with Crippen molar-refractivity contribution >= 4 is 34.1 Å². The van der Waals surface area contributed by atoms with Crippen molar-refractivity contribution in [3.8, 4) is 0 Å². The fraction of sp³-hybridized carbons (Fsp3) is 0.273. The molecule has 0 unspecified atom stereocenters. The molecule has 2 nitrogen and oxygen atoms in total. The van der Waals surface area contributed by atoms with Crippen molar-refractivity contribution in [1.82, 2.24) is 9.36 Å². The van der Waals surface area contributed by atoms with Crippen molar-refractivity contribution in [3.63, 3.8) is 0 Å². The molecule has 1 saturated carbocycles. The van der Waals surface area contributed by atoms with E-state index in [9.17, 15) is 0 Å². The van der Waals surface area contributed by atoms with Crippen LogP contribution in [-0.2, 0) is 5.41 Å². The lowest BCUT2D eigenvalue weighted by atomic mass is 9.95. The summed E-state index contributed by atoms with van der Waals surface area (Å²) in [6.07, 6.45) is 2.37. The summed E-state index contributed by atoms with van der Waals surface area (Å²) in [7, 11) is 0. The average molecular weight is 328 g/mol. The molecule has 4 heteroatoms. The predicted molar refractivity (Wildman–Crippen MR) is 69.1 cm³/mol. The smallest absolute Gasteiger partial charge is 0.174 e. The minimum absolute atomic E-state index is 0.140. The zero-order valence-corrected chi connectivity index (χ0v) is 11.0. The SMILES string of the molecule is Ic1nc(C2(c3ccccc3)CC2)ns1. The normalized spacial score (nSPS) is 17.7. The summed E-state index contributed by atoms with van der Waals surface area (Å²) < 4.78 is 5.48. The van der Waals surface area contributed by atoms with Gasteiger partial charge in [0.05, 0.1) is 5.41 Å². The lowest BCUT2D eigenvalue weighted by molar-refractivity contribution is 0.776. The molecule has 1 heterocycles. The van der Waals surface area contributed by atoms with Crippen LogP contribution < -0.4 is 0 Å². The first-order valence-corrected chi connectivity index (χ1v) is 6.72. The van der Waals surface area contributed by atoms with Gasteiger partial charge in [0.15, 0.2) is 8.84 Å². The molecule has 0 saturated heterocycles. The highest BCUT2D eigenvalue weighted by molar-refractivity contribution is 14.1. The molecule has 3 rings (SSSR count). The molecule has 0 amide bonds. The van der Waals surface area contributed by atoms with E-state index in [0.29, 0.717) is 0 Å². The summed E-state index contributed by atoms with van der Waals surface area (Å²) in [5, 5.41) is 0.